The van der Waals surface area contributed by atoms with Crippen molar-refractivity contribution in [2.24, 2.45) is 0 Å². The number of thiophene rings is 1. The first kappa shape index (κ1) is 17.8. The molecule has 3 rings (SSSR count). The molecule has 2 heterocycles. The van der Waals surface area contributed by atoms with Crippen LogP contribution in [0.3, 0.4) is 0 Å². The standard InChI is InChI=1S/C19H26N4OS/c1-3-22(4-2)12-13-24-18-7-5-17(6-8-18)20-23-11-9-19(21-23)16-10-14-25-15-16/h5-10,14-15,20-21H,3-4,11-13H2,1-2H3. The van der Waals surface area contributed by atoms with Crippen molar-refractivity contribution in [3.8, 4) is 5.75 Å². The average molecular weight is 359 g/mol. The predicted molar refractivity (Wildman–Crippen MR) is 105 cm³/mol. The van der Waals surface area contributed by atoms with E-state index in [1.165, 1.54) is 5.56 Å². The second kappa shape index (κ2) is 8.89. The third kappa shape index (κ3) is 4.98. The molecule has 0 aliphatic carbocycles. The zero-order valence-electron chi connectivity index (χ0n) is 14.9. The molecule has 2 N–H and O–H groups in total. The summed E-state index contributed by atoms with van der Waals surface area (Å²) in [6.07, 6.45) is 2.18. The Labute approximate surface area is 153 Å². The van der Waals surface area contributed by atoms with Crippen molar-refractivity contribution < 1.29 is 4.74 Å². The van der Waals surface area contributed by atoms with E-state index in [-0.39, 0.29) is 0 Å². The van der Waals surface area contributed by atoms with Crippen LogP contribution >= 0.6 is 11.3 Å². The highest BCUT2D eigenvalue weighted by Gasteiger charge is 2.14. The maximum Gasteiger partial charge on any atom is 0.119 e. The lowest BCUT2D eigenvalue weighted by molar-refractivity contribution is 0.223. The predicted octanol–water partition coefficient (Wildman–Crippen LogP) is 3.66. The van der Waals surface area contributed by atoms with Crippen LogP contribution in [0.25, 0.3) is 5.70 Å². The van der Waals surface area contributed by atoms with Gasteiger partial charge in [0, 0.05) is 17.5 Å². The minimum atomic E-state index is 0.718. The van der Waals surface area contributed by atoms with Gasteiger partial charge in [0.1, 0.15) is 12.4 Å². The van der Waals surface area contributed by atoms with Gasteiger partial charge in [-0.3, -0.25) is 0 Å². The van der Waals surface area contributed by atoms with E-state index < -0.39 is 0 Å². The number of nitrogens with one attached hydrogen (secondary N) is 2. The van der Waals surface area contributed by atoms with Crippen LogP contribution in [0, 0.1) is 0 Å². The van der Waals surface area contributed by atoms with Crippen molar-refractivity contribution >= 4 is 22.7 Å². The Morgan fingerprint density at radius 1 is 1.20 bits per heavy atom. The van der Waals surface area contributed by atoms with Crippen molar-refractivity contribution in [1.82, 2.24) is 15.4 Å². The normalized spacial score (nSPS) is 14.4. The molecular formula is C19H26N4OS. The quantitative estimate of drug-likeness (QED) is 0.716. The fraction of sp³-hybridized carbons (Fsp3) is 0.368. The summed E-state index contributed by atoms with van der Waals surface area (Å²) in [5.74, 6) is 0.907. The monoisotopic (exact) mass is 358 g/mol. The Morgan fingerprint density at radius 3 is 2.68 bits per heavy atom. The van der Waals surface area contributed by atoms with Crippen molar-refractivity contribution in [2.75, 3.05) is 38.2 Å². The first-order chi connectivity index (χ1) is 12.3. The van der Waals surface area contributed by atoms with Crippen molar-refractivity contribution in [1.29, 1.82) is 0 Å². The summed E-state index contributed by atoms with van der Waals surface area (Å²) in [5.41, 5.74) is 10.1. The lowest BCUT2D eigenvalue weighted by Crippen LogP contribution is -2.36. The van der Waals surface area contributed by atoms with Crippen LogP contribution in [0.5, 0.6) is 5.75 Å². The van der Waals surface area contributed by atoms with Crippen molar-refractivity contribution in [2.45, 2.75) is 13.8 Å². The van der Waals surface area contributed by atoms with Crippen molar-refractivity contribution in [3.05, 3.63) is 52.7 Å². The van der Waals surface area contributed by atoms with Gasteiger partial charge >= 0.3 is 0 Å². The Hall–Kier alpha value is -2.02. The van der Waals surface area contributed by atoms with E-state index in [4.69, 9.17) is 4.74 Å². The third-order valence-corrected chi connectivity index (χ3v) is 4.94. The molecule has 0 fully saturated rings. The number of likely N-dealkylation sites (N-methyl/N-ethyl adjacent to an activating group) is 1. The summed E-state index contributed by atoms with van der Waals surface area (Å²) >= 11 is 1.71. The van der Waals surface area contributed by atoms with Crippen LogP contribution in [0.15, 0.2) is 47.2 Å². The smallest absolute Gasteiger partial charge is 0.119 e. The van der Waals surface area contributed by atoms with Gasteiger partial charge in [-0.1, -0.05) is 13.8 Å². The maximum atomic E-state index is 5.82. The SMILES string of the molecule is CCN(CC)CCOc1ccc(NN2CC=C(c3ccsc3)N2)cc1. The fourth-order valence-corrected chi connectivity index (χ4v) is 3.36. The number of hydrogen-bond acceptors (Lipinski definition) is 6. The molecule has 0 unspecified atom stereocenters. The number of nitrogens with zero attached hydrogens (tertiary/aromatic N) is 2. The molecule has 134 valence electrons. The van der Waals surface area contributed by atoms with Crippen LogP contribution in [-0.2, 0) is 0 Å². The summed E-state index contributed by atoms with van der Waals surface area (Å²) in [5, 5.41) is 6.21. The highest BCUT2D eigenvalue weighted by molar-refractivity contribution is 7.08. The van der Waals surface area contributed by atoms with E-state index in [0.717, 1.165) is 49.9 Å². The van der Waals surface area contributed by atoms with Crippen LogP contribution in [0.4, 0.5) is 5.69 Å². The molecule has 0 saturated carbocycles. The molecule has 0 radical (unpaired) electrons. The van der Waals surface area contributed by atoms with E-state index in [2.05, 4.69) is 52.5 Å². The van der Waals surface area contributed by atoms with Crippen LogP contribution in [0.1, 0.15) is 19.4 Å². The molecular weight excluding hydrogens is 332 g/mol. The molecule has 1 aromatic heterocycles. The lowest BCUT2D eigenvalue weighted by atomic mass is 10.2. The largest absolute Gasteiger partial charge is 0.492 e. The topological polar surface area (TPSA) is 39.8 Å². The lowest BCUT2D eigenvalue weighted by Gasteiger charge is -2.20. The van der Waals surface area contributed by atoms with Gasteiger partial charge in [0.25, 0.3) is 0 Å². The Bertz CT molecular complexity index is 665. The fourth-order valence-electron chi connectivity index (χ4n) is 2.71. The van der Waals surface area contributed by atoms with Crippen LogP contribution in [0.2, 0.25) is 0 Å². The second-order valence-electron chi connectivity index (χ2n) is 5.86. The molecule has 0 saturated heterocycles. The van der Waals surface area contributed by atoms with Crippen molar-refractivity contribution in [3.63, 3.8) is 0 Å². The van der Waals surface area contributed by atoms with Gasteiger partial charge < -0.3 is 20.5 Å². The zero-order chi connectivity index (χ0) is 17.5. The Morgan fingerprint density at radius 2 is 2.00 bits per heavy atom. The summed E-state index contributed by atoms with van der Waals surface area (Å²) in [6.45, 7) is 8.97. The van der Waals surface area contributed by atoms with Gasteiger partial charge in [-0.2, -0.15) is 11.3 Å². The summed E-state index contributed by atoms with van der Waals surface area (Å²) in [4.78, 5) is 2.35. The average Bonchev–Trinajstić information content (AvgIpc) is 3.32. The minimum Gasteiger partial charge on any atom is -0.492 e. The molecule has 0 spiro atoms. The number of benzene rings is 1. The molecule has 1 aliphatic heterocycles. The van der Waals surface area contributed by atoms with Crippen LogP contribution < -0.4 is 15.6 Å². The molecule has 0 bridgehead atoms. The number of anilines is 1. The first-order valence-corrected chi connectivity index (χ1v) is 9.71. The summed E-state index contributed by atoms with van der Waals surface area (Å²) in [6, 6.07) is 10.2. The van der Waals surface area contributed by atoms with E-state index in [1.54, 1.807) is 11.3 Å². The third-order valence-electron chi connectivity index (χ3n) is 4.25. The number of hydrogen-bond donors (Lipinski definition) is 2. The van der Waals surface area contributed by atoms with Gasteiger partial charge in [0.2, 0.25) is 0 Å². The highest BCUT2D eigenvalue weighted by atomic mass is 32.1. The first-order valence-electron chi connectivity index (χ1n) is 8.77. The molecule has 6 heteroatoms. The van der Waals surface area contributed by atoms with E-state index >= 15 is 0 Å². The molecule has 25 heavy (non-hydrogen) atoms. The number of ether oxygens (including phenoxy) is 1. The van der Waals surface area contributed by atoms with Gasteiger partial charge in [0.15, 0.2) is 0 Å². The maximum absolute atomic E-state index is 5.82. The molecule has 1 aliphatic rings. The molecule has 2 aromatic rings. The highest BCUT2D eigenvalue weighted by Crippen LogP contribution is 2.21. The van der Waals surface area contributed by atoms with Gasteiger partial charge in [-0.15, -0.1) is 5.12 Å². The van der Waals surface area contributed by atoms with E-state index in [9.17, 15) is 0 Å². The number of rotatable bonds is 9. The van der Waals surface area contributed by atoms with Gasteiger partial charge in [0.05, 0.1) is 17.9 Å². The molecule has 0 atom stereocenters. The van der Waals surface area contributed by atoms with Crippen LogP contribution in [-0.4, -0.2) is 42.8 Å². The second-order valence-corrected chi connectivity index (χ2v) is 6.64. The molecule has 5 nitrogen and oxygen atoms in total. The zero-order valence-corrected chi connectivity index (χ0v) is 15.7. The Kier molecular flexibility index (Phi) is 6.33. The van der Waals surface area contributed by atoms with Gasteiger partial charge in [-0.05, 0) is 54.9 Å². The molecule has 0 amide bonds. The van der Waals surface area contributed by atoms with E-state index in [0.29, 0.717) is 0 Å². The van der Waals surface area contributed by atoms with Gasteiger partial charge in [-0.25, -0.2) is 0 Å². The molecule has 1 aromatic carbocycles. The Balaban J connectivity index is 1.44. The van der Waals surface area contributed by atoms with E-state index in [1.807, 2.05) is 29.4 Å². The number of hydrazine groups is 2. The summed E-state index contributed by atoms with van der Waals surface area (Å²) in [7, 11) is 0. The summed E-state index contributed by atoms with van der Waals surface area (Å²) < 4.78 is 5.82. The minimum absolute atomic E-state index is 0.718.